The Bertz CT molecular complexity index is 1050. The summed E-state index contributed by atoms with van der Waals surface area (Å²) in [6.07, 6.45) is 1.17. The summed E-state index contributed by atoms with van der Waals surface area (Å²) < 4.78 is 10.2. The van der Waals surface area contributed by atoms with E-state index in [9.17, 15) is 24.3 Å². The van der Waals surface area contributed by atoms with Gasteiger partial charge in [-0.3, -0.25) is 14.4 Å². The molecule has 0 aliphatic carbocycles. The zero-order chi connectivity index (χ0) is 23.3. The molecule has 0 N–H and O–H groups in total. The van der Waals surface area contributed by atoms with Crippen LogP contribution in [0.15, 0.2) is 60.7 Å². The maximum Gasteiger partial charge on any atom is 0.257 e. The van der Waals surface area contributed by atoms with Gasteiger partial charge in [-0.05, 0) is 48.0 Å². The van der Waals surface area contributed by atoms with E-state index in [1.54, 1.807) is 48.5 Å². The van der Waals surface area contributed by atoms with Gasteiger partial charge < -0.3 is 24.3 Å². The zero-order valence-corrected chi connectivity index (χ0v) is 17.5. The normalized spacial score (nSPS) is 15.8. The van der Waals surface area contributed by atoms with E-state index in [0.717, 1.165) is 11.0 Å². The Kier molecular flexibility index (Phi) is 6.89. The molecule has 9 heteroatoms. The average Bonchev–Trinajstić information content (AvgIpc) is 3.09. The van der Waals surface area contributed by atoms with Gasteiger partial charge in [-0.15, -0.1) is 0 Å². The number of hydrogen-bond donors (Lipinski definition) is 0. The van der Waals surface area contributed by atoms with E-state index in [0.29, 0.717) is 28.8 Å². The topological polar surface area (TPSA) is 116 Å². The number of nitrogens with zero attached hydrogens (tertiary/aromatic N) is 2. The molecule has 1 atom stereocenters. The predicted octanol–water partition coefficient (Wildman–Crippen LogP) is 0.671. The third-order valence-corrected chi connectivity index (χ3v) is 4.99. The number of ether oxygens (including phenoxy) is 2. The van der Waals surface area contributed by atoms with Gasteiger partial charge in [-0.1, -0.05) is 12.1 Å². The minimum absolute atomic E-state index is 0.0135. The van der Waals surface area contributed by atoms with Crippen molar-refractivity contribution >= 4 is 29.4 Å². The highest BCUT2D eigenvalue weighted by atomic mass is 16.5. The summed E-state index contributed by atoms with van der Waals surface area (Å²) in [6, 6.07) is 12.1. The first-order chi connectivity index (χ1) is 15.3. The van der Waals surface area contributed by atoms with Crippen molar-refractivity contribution in [2.45, 2.75) is 19.0 Å². The molecule has 166 valence electrons. The number of methoxy groups -OCH3 is 2. The summed E-state index contributed by atoms with van der Waals surface area (Å²) >= 11 is 0. The summed E-state index contributed by atoms with van der Waals surface area (Å²) in [7, 11) is 3.02. The molecule has 3 amide bonds. The minimum Gasteiger partial charge on any atom is -0.545 e. The van der Waals surface area contributed by atoms with Gasteiger partial charge in [-0.25, -0.2) is 4.90 Å². The lowest BCUT2D eigenvalue weighted by Crippen LogP contribution is -2.44. The van der Waals surface area contributed by atoms with Crippen LogP contribution in [0.2, 0.25) is 0 Å². The lowest BCUT2D eigenvalue weighted by atomic mass is 10.1. The summed E-state index contributed by atoms with van der Waals surface area (Å²) in [5.74, 6) is -2.15. The van der Waals surface area contributed by atoms with E-state index in [1.165, 1.54) is 19.1 Å². The van der Waals surface area contributed by atoms with Crippen LogP contribution in [0, 0.1) is 0 Å². The van der Waals surface area contributed by atoms with Crippen molar-refractivity contribution in [3.8, 4) is 11.5 Å². The average molecular weight is 437 g/mol. The maximum absolute atomic E-state index is 13.2. The molecule has 0 spiro atoms. The second kappa shape index (κ2) is 9.78. The molecule has 1 heterocycles. The molecule has 1 saturated heterocycles. The fourth-order valence-corrected chi connectivity index (χ4v) is 3.37. The van der Waals surface area contributed by atoms with Gasteiger partial charge in [0.25, 0.3) is 5.91 Å². The lowest BCUT2D eigenvalue weighted by molar-refractivity contribution is -0.297. The molecule has 0 saturated carbocycles. The molecule has 2 aromatic carbocycles. The highest BCUT2D eigenvalue weighted by Crippen LogP contribution is 2.28. The Balaban J connectivity index is 1.90. The second-order valence-electron chi connectivity index (χ2n) is 6.95. The van der Waals surface area contributed by atoms with E-state index in [4.69, 9.17) is 9.47 Å². The van der Waals surface area contributed by atoms with E-state index >= 15 is 0 Å². The van der Waals surface area contributed by atoms with Crippen LogP contribution in [0.3, 0.4) is 0 Å². The molecule has 0 bridgehead atoms. The third kappa shape index (κ3) is 4.94. The number of carboxylic acid groups (broad SMARTS) is 1. The number of amides is 3. The molecule has 0 radical (unpaired) electrons. The predicted molar refractivity (Wildman–Crippen MR) is 112 cm³/mol. The first-order valence-corrected chi connectivity index (χ1v) is 9.67. The van der Waals surface area contributed by atoms with Gasteiger partial charge in [0.05, 0.1) is 32.3 Å². The van der Waals surface area contributed by atoms with Gasteiger partial charge >= 0.3 is 0 Å². The Morgan fingerprint density at radius 2 is 1.56 bits per heavy atom. The van der Waals surface area contributed by atoms with Crippen LogP contribution in [0.5, 0.6) is 11.5 Å². The second-order valence-corrected chi connectivity index (χ2v) is 6.95. The first-order valence-electron chi connectivity index (χ1n) is 9.67. The van der Waals surface area contributed by atoms with Crippen molar-refractivity contribution in [3.63, 3.8) is 0 Å². The van der Waals surface area contributed by atoms with E-state index in [2.05, 4.69) is 0 Å². The number of anilines is 1. The van der Waals surface area contributed by atoms with Crippen LogP contribution < -0.4 is 19.5 Å². The number of benzene rings is 2. The molecule has 2 aromatic rings. The number of carbonyl (C=O) groups is 4. The number of carbonyl (C=O) groups excluding carboxylic acids is 4. The largest absolute Gasteiger partial charge is 0.545 e. The smallest absolute Gasteiger partial charge is 0.257 e. The third-order valence-electron chi connectivity index (χ3n) is 4.99. The van der Waals surface area contributed by atoms with Crippen LogP contribution in [0.25, 0.3) is 0 Å². The quantitative estimate of drug-likeness (QED) is 0.440. The van der Waals surface area contributed by atoms with Crippen molar-refractivity contribution in [1.29, 1.82) is 0 Å². The fraction of sp³-hybridized carbons (Fsp3) is 0.217. The standard InChI is InChI=1S/C23H22N2O7/c1-31-17-7-3-15(4-8-17)14-24(20(26)11-12-22(28)29)19-13-21(27)25(23(19)30)16-5-9-18(32-2)10-6-16/h3-12,19H,13-14H2,1-2H3,(H,28,29)/p-1/b12-11+/t19-/m0/s1. The SMILES string of the molecule is COc1ccc(CN(C(=O)/C=C/C(=O)[O-])[C@H]2CC(=O)N(c3ccc(OC)cc3)C2=O)cc1. The van der Waals surface area contributed by atoms with Crippen LogP contribution in [0.1, 0.15) is 12.0 Å². The molecular weight excluding hydrogens is 416 g/mol. The molecular formula is C23H21N2O7-. The minimum atomic E-state index is -1.54. The zero-order valence-electron chi connectivity index (χ0n) is 17.5. The van der Waals surface area contributed by atoms with Crippen LogP contribution in [0.4, 0.5) is 5.69 Å². The highest BCUT2D eigenvalue weighted by Gasteiger charge is 2.44. The van der Waals surface area contributed by atoms with Gasteiger partial charge in [0.1, 0.15) is 17.5 Å². The first kappa shape index (κ1) is 22.5. The number of imide groups is 1. The van der Waals surface area contributed by atoms with Crippen molar-refractivity contribution < 1.29 is 33.8 Å². The number of aliphatic carboxylic acids is 1. The summed E-state index contributed by atoms with van der Waals surface area (Å²) in [5, 5.41) is 10.8. The molecule has 9 nitrogen and oxygen atoms in total. The Morgan fingerprint density at radius 3 is 2.09 bits per heavy atom. The molecule has 32 heavy (non-hydrogen) atoms. The summed E-state index contributed by atoms with van der Waals surface area (Å²) in [6.45, 7) is -0.0135. The number of rotatable bonds is 8. The van der Waals surface area contributed by atoms with Crippen LogP contribution in [-0.2, 0) is 25.7 Å². The van der Waals surface area contributed by atoms with E-state index in [-0.39, 0.29) is 13.0 Å². The van der Waals surface area contributed by atoms with Gasteiger partial charge in [0, 0.05) is 12.6 Å². The Labute approximate surface area is 184 Å². The van der Waals surface area contributed by atoms with Crippen molar-refractivity contribution in [2.24, 2.45) is 0 Å². The fourth-order valence-electron chi connectivity index (χ4n) is 3.37. The molecule has 0 unspecified atom stereocenters. The monoisotopic (exact) mass is 437 g/mol. The molecule has 1 aliphatic heterocycles. The van der Waals surface area contributed by atoms with Crippen molar-refractivity contribution in [2.75, 3.05) is 19.1 Å². The van der Waals surface area contributed by atoms with Gasteiger partial charge in [0.2, 0.25) is 11.8 Å². The highest BCUT2D eigenvalue weighted by molar-refractivity contribution is 6.23. The number of carboxylic acids is 1. The van der Waals surface area contributed by atoms with E-state index < -0.39 is 29.7 Å². The molecule has 3 rings (SSSR count). The molecule has 1 fully saturated rings. The van der Waals surface area contributed by atoms with Crippen molar-refractivity contribution in [3.05, 3.63) is 66.2 Å². The Hall–Kier alpha value is -4.14. The van der Waals surface area contributed by atoms with Gasteiger partial charge in [0.15, 0.2) is 0 Å². The number of hydrogen-bond acceptors (Lipinski definition) is 7. The lowest BCUT2D eigenvalue weighted by Gasteiger charge is -2.27. The van der Waals surface area contributed by atoms with Gasteiger partial charge in [-0.2, -0.15) is 0 Å². The van der Waals surface area contributed by atoms with Crippen LogP contribution in [-0.4, -0.2) is 48.9 Å². The Morgan fingerprint density at radius 1 is 1.00 bits per heavy atom. The van der Waals surface area contributed by atoms with Crippen LogP contribution >= 0.6 is 0 Å². The molecule has 1 aliphatic rings. The van der Waals surface area contributed by atoms with E-state index in [1.807, 2.05) is 0 Å². The van der Waals surface area contributed by atoms with Crippen molar-refractivity contribution in [1.82, 2.24) is 4.90 Å². The summed E-state index contributed by atoms with van der Waals surface area (Å²) in [5.41, 5.74) is 1.02. The summed E-state index contributed by atoms with van der Waals surface area (Å²) in [4.78, 5) is 51.5. The molecule has 0 aromatic heterocycles. The maximum atomic E-state index is 13.2.